The molecular formula is C21H16N2O3S. The molecule has 5 nitrogen and oxygen atoms in total. The third-order valence-corrected chi connectivity index (χ3v) is 5.15. The first-order valence-corrected chi connectivity index (χ1v) is 9.00. The maximum Gasteiger partial charge on any atom is 0.321 e. The number of methoxy groups -OCH3 is 1. The lowest BCUT2D eigenvalue weighted by Crippen LogP contribution is -2.08. The molecule has 1 N–H and O–H groups in total. The van der Waals surface area contributed by atoms with E-state index in [1.807, 2.05) is 30.3 Å². The van der Waals surface area contributed by atoms with Crippen LogP contribution < -0.4 is 4.74 Å². The van der Waals surface area contributed by atoms with E-state index in [1.54, 1.807) is 43.5 Å². The van der Waals surface area contributed by atoms with Gasteiger partial charge in [-0.15, -0.1) is 0 Å². The zero-order valence-corrected chi connectivity index (χ0v) is 15.3. The number of benzene rings is 2. The molecule has 3 aromatic rings. The fraction of sp³-hybridized carbons (Fsp3) is 0.0952. The molecule has 1 atom stereocenters. The van der Waals surface area contributed by atoms with Crippen molar-refractivity contribution in [2.45, 2.75) is 10.3 Å². The Morgan fingerprint density at radius 2 is 1.93 bits per heavy atom. The van der Waals surface area contributed by atoms with Gasteiger partial charge in [0.05, 0.1) is 18.4 Å². The summed E-state index contributed by atoms with van der Waals surface area (Å²) in [6, 6.07) is 21.8. The molecule has 0 fully saturated rings. The average Bonchev–Trinajstić information content (AvgIpc) is 2.72. The first kappa shape index (κ1) is 18.5. The van der Waals surface area contributed by atoms with Gasteiger partial charge in [0.25, 0.3) is 0 Å². The Morgan fingerprint density at radius 1 is 1.15 bits per heavy atom. The number of pyridine rings is 1. The number of rotatable bonds is 6. The monoisotopic (exact) mass is 376 g/mol. The fourth-order valence-corrected chi connectivity index (χ4v) is 3.57. The number of nitrogens with zero attached hydrogens (tertiary/aromatic N) is 2. The number of ether oxygens (including phenoxy) is 1. The summed E-state index contributed by atoms with van der Waals surface area (Å²) in [5.41, 5.74) is 2.46. The normalized spacial score (nSPS) is 11.4. The van der Waals surface area contributed by atoms with Crippen LogP contribution in [0.3, 0.4) is 0 Å². The number of thioether (sulfide) groups is 1. The third-order valence-electron chi connectivity index (χ3n) is 3.90. The lowest BCUT2D eigenvalue weighted by Gasteiger charge is -2.14. The van der Waals surface area contributed by atoms with Gasteiger partial charge in [0, 0.05) is 5.56 Å². The van der Waals surface area contributed by atoms with Crippen LogP contribution in [0.4, 0.5) is 0 Å². The summed E-state index contributed by atoms with van der Waals surface area (Å²) < 4.78 is 5.24. The van der Waals surface area contributed by atoms with Gasteiger partial charge in [-0.05, 0) is 29.8 Å². The van der Waals surface area contributed by atoms with Crippen LogP contribution in [0, 0.1) is 11.3 Å². The second kappa shape index (κ2) is 8.39. The van der Waals surface area contributed by atoms with Crippen molar-refractivity contribution in [3.63, 3.8) is 0 Å². The minimum atomic E-state index is -0.983. The SMILES string of the molecule is COc1cccc(-c2ccc(C#N)c(SC(C(=O)O)c3ccccc3)n2)c1. The van der Waals surface area contributed by atoms with Gasteiger partial charge in [-0.2, -0.15) is 5.26 Å². The fourth-order valence-electron chi connectivity index (χ4n) is 2.56. The van der Waals surface area contributed by atoms with E-state index in [0.29, 0.717) is 27.6 Å². The summed E-state index contributed by atoms with van der Waals surface area (Å²) in [6.45, 7) is 0. The maximum absolute atomic E-state index is 11.8. The van der Waals surface area contributed by atoms with Crippen LogP contribution in [0.25, 0.3) is 11.3 Å². The van der Waals surface area contributed by atoms with Crippen molar-refractivity contribution in [1.29, 1.82) is 5.26 Å². The first-order valence-electron chi connectivity index (χ1n) is 8.12. The van der Waals surface area contributed by atoms with Crippen LogP contribution in [0.15, 0.2) is 71.8 Å². The second-order valence-corrected chi connectivity index (χ2v) is 6.73. The maximum atomic E-state index is 11.8. The van der Waals surface area contributed by atoms with Crippen LogP contribution in [-0.2, 0) is 4.79 Å². The van der Waals surface area contributed by atoms with Crippen LogP contribution in [-0.4, -0.2) is 23.2 Å². The molecule has 1 heterocycles. The zero-order valence-electron chi connectivity index (χ0n) is 14.5. The average molecular weight is 376 g/mol. The van der Waals surface area contributed by atoms with Gasteiger partial charge in [-0.1, -0.05) is 54.2 Å². The standard InChI is InChI=1S/C21H16N2O3S/c1-26-17-9-5-8-15(12-17)18-11-10-16(13-22)20(23-18)27-19(21(24)25)14-6-3-2-4-7-14/h2-12,19H,1H3,(H,24,25). The number of carboxylic acid groups (broad SMARTS) is 1. The van der Waals surface area contributed by atoms with E-state index in [0.717, 1.165) is 17.3 Å². The van der Waals surface area contributed by atoms with E-state index in [2.05, 4.69) is 11.1 Å². The van der Waals surface area contributed by atoms with Gasteiger partial charge in [-0.3, -0.25) is 4.79 Å². The Labute approximate surface area is 161 Å². The van der Waals surface area contributed by atoms with Crippen molar-refractivity contribution in [1.82, 2.24) is 4.98 Å². The van der Waals surface area contributed by atoms with Gasteiger partial charge in [0.15, 0.2) is 0 Å². The van der Waals surface area contributed by atoms with Crippen molar-refractivity contribution in [2.75, 3.05) is 7.11 Å². The van der Waals surface area contributed by atoms with Gasteiger partial charge in [0.2, 0.25) is 0 Å². The molecule has 0 aliphatic rings. The summed E-state index contributed by atoms with van der Waals surface area (Å²) >= 11 is 1.06. The summed E-state index contributed by atoms with van der Waals surface area (Å²) in [4.78, 5) is 16.4. The van der Waals surface area contributed by atoms with E-state index < -0.39 is 11.2 Å². The molecule has 0 saturated heterocycles. The van der Waals surface area contributed by atoms with Gasteiger partial charge in [0.1, 0.15) is 22.1 Å². The number of aromatic nitrogens is 1. The Bertz CT molecular complexity index is 1000. The van der Waals surface area contributed by atoms with E-state index in [9.17, 15) is 15.2 Å². The highest BCUT2D eigenvalue weighted by Crippen LogP contribution is 2.37. The molecule has 2 aromatic carbocycles. The topological polar surface area (TPSA) is 83.2 Å². The minimum absolute atomic E-state index is 0.342. The molecule has 3 rings (SSSR count). The molecule has 27 heavy (non-hydrogen) atoms. The van der Waals surface area contributed by atoms with Crippen molar-refractivity contribution in [2.24, 2.45) is 0 Å². The number of carbonyl (C=O) groups is 1. The summed E-state index contributed by atoms with van der Waals surface area (Å²) in [6.07, 6.45) is 0. The zero-order chi connectivity index (χ0) is 19.2. The van der Waals surface area contributed by atoms with Gasteiger partial charge < -0.3 is 9.84 Å². The van der Waals surface area contributed by atoms with Crippen LogP contribution in [0.2, 0.25) is 0 Å². The van der Waals surface area contributed by atoms with Gasteiger partial charge in [-0.25, -0.2) is 4.98 Å². The highest BCUT2D eigenvalue weighted by Gasteiger charge is 2.23. The summed E-state index contributed by atoms with van der Waals surface area (Å²) in [5, 5.41) is 18.6. The molecule has 1 aromatic heterocycles. The van der Waals surface area contributed by atoms with Crippen molar-refractivity contribution < 1.29 is 14.6 Å². The molecule has 0 bridgehead atoms. The molecule has 0 spiro atoms. The summed E-state index contributed by atoms with van der Waals surface area (Å²) in [7, 11) is 1.59. The van der Waals surface area contributed by atoms with E-state index in [1.165, 1.54) is 0 Å². The predicted molar refractivity (Wildman–Crippen MR) is 104 cm³/mol. The lowest BCUT2D eigenvalue weighted by atomic mass is 10.1. The Balaban J connectivity index is 2.01. The van der Waals surface area contributed by atoms with E-state index in [-0.39, 0.29) is 0 Å². The van der Waals surface area contributed by atoms with E-state index >= 15 is 0 Å². The smallest absolute Gasteiger partial charge is 0.321 e. The summed E-state index contributed by atoms with van der Waals surface area (Å²) in [5.74, 6) is -0.288. The van der Waals surface area contributed by atoms with Crippen molar-refractivity contribution in [3.8, 4) is 23.1 Å². The number of nitriles is 1. The second-order valence-electron chi connectivity index (χ2n) is 5.64. The lowest BCUT2D eigenvalue weighted by molar-refractivity contribution is -0.136. The predicted octanol–water partition coefficient (Wildman–Crippen LogP) is 4.55. The quantitative estimate of drug-likeness (QED) is 0.636. The molecule has 0 aliphatic heterocycles. The molecule has 0 saturated carbocycles. The first-order chi connectivity index (χ1) is 13.1. The van der Waals surface area contributed by atoms with Crippen molar-refractivity contribution in [3.05, 3.63) is 77.9 Å². The molecule has 6 heteroatoms. The number of hydrogen-bond acceptors (Lipinski definition) is 5. The number of carboxylic acids is 1. The van der Waals surface area contributed by atoms with E-state index in [4.69, 9.17) is 4.74 Å². The Kier molecular flexibility index (Phi) is 5.74. The molecule has 0 amide bonds. The largest absolute Gasteiger partial charge is 0.497 e. The van der Waals surface area contributed by atoms with Crippen LogP contribution in [0.1, 0.15) is 16.4 Å². The van der Waals surface area contributed by atoms with Crippen LogP contribution in [0.5, 0.6) is 5.75 Å². The molecule has 0 radical (unpaired) electrons. The Hall–Kier alpha value is -3.30. The highest BCUT2D eigenvalue weighted by atomic mass is 32.2. The number of hydrogen-bond donors (Lipinski definition) is 1. The van der Waals surface area contributed by atoms with Crippen LogP contribution >= 0.6 is 11.8 Å². The highest BCUT2D eigenvalue weighted by molar-refractivity contribution is 8.00. The molecular weight excluding hydrogens is 360 g/mol. The molecule has 0 aliphatic carbocycles. The molecule has 134 valence electrons. The number of aliphatic carboxylic acids is 1. The van der Waals surface area contributed by atoms with Crippen molar-refractivity contribution >= 4 is 17.7 Å². The minimum Gasteiger partial charge on any atom is -0.497 e. The third kappa shape index (κ3) is 4.27. The van der Waals surface area contributed by atoms with Gasteiger partial charge >= 0.3 is 5.97 Å². The molecule has 1 unspecified atom stereocenters. The Morgan fingerprint density at radius 3 is 2.59 bits per heavy atom.